The summed E-state index contributed by atoms with van der Waals surface area (Å²) in [6.07, 6.45) is 45.4. The number of ether oxygens (including phenoxy) is 3. The van der Waals surface area contributed by atoms with Gasteiger partial charge in [0.15, 0.2) is 0 Å². The highest BCUT2D eigenvalue weighted by Crippen LogP contribution is 2.19. The van der Waals surface area contributed by atoms with Crippen molar-refractivity contribution in [3.05, 3.63) is 0 Å². The average Bonchev–Trinajstić information content (AvgIpc) is 3.09. The third-order valence-electron chi connectivity index (χ3n) is 10.0. The Labute approximate surface area is 309 Å². The molecule has 0 spiro atoms. The highest BCUT2D eigenvalue weighted by atomic mass is 16.6. The van der Waals surface area contributed by atoms with E-state index in [1.165, 1.54) is 199 Å². The lowest BCUT2D eigenvalue weighted by Crippen LogP contribution is -2.36. The first-order valence-electron chi connectivity index (χ1n) is 21.9. The molecule has 49 heavy (non-hydrogen) atoms. The zero-order valence-corrected chi connectivity index (χ0v) is 33.2. The molecule has 0 aliphatic rings. The van der Waals surface area contributed by atoms with Crippen molar-refractivity contribution in [1.29, 1.82) is 0 Å². The van der Waals surface area contributed by atoms with Gasteiger partial charge in [-0.15, -0.1) is 0 Å². The molecule has 0 saturated heterocycles. The summed E-state index contributed by atoms with van der Waals surface area (Å²) in [6.45, 7) is 7.20. The molecule has 0 heterocycles. The maximum atomic E-state index is 10.5. The molecule has 0 aromatic heterocycles. The Morgan fingerprint density at radius 2 is 0.755 bits per heavy atom. The van der Waals surface area contributed by atoms with E-state index in [1.807, 2.05) is 0 Å². The number of aliphatic hydroxyl groups excluding tert-OH is 1. The van der Waals surface area contributed by atoms with E-state index in [2.05, 4.69) is 19.2 Å². The third kappa shape index (κ3) is 43.9. The molecule has 0 bridgehead atoms. The van der Waals surface area contributed by atoms with Crippen molar-refractivity contribution >= 4 is 0 Å². The van der Waals surface area contributed by atoms with Crippen LogP contribution in [-0.2, 0) is 14.2 Å². The number of rotatable bonds is 43. The van der Waals surface area contributed by atoms with Crippen LogP contribution in [0.3, 0.4) is 0 Å². The monoisotopic (exact) mass is 700 g/mol. The van der Waals surface area contributed by atoms with Crippen LogP contribution >= 0.6 is 0 Å². The van der Waals surface area contributed by atoms with E-state index in [0.717, 1.165) is 19.3 Å². The second-order valence-corrected chi connectivity index (χ2v) is 14.9. The largest absolute Gasteiger partial charge is 0.382 e. The number of methoxy groups -OCH3 is 1. The van der Waals surface area contributed by atoms with Crippen LogP contribution in [0, 0.1) is 0 Å². The van der Waals surface area contributed by atoms with Crippen molar-refractivity contribution < 1.29 is 19.3 Å². The van der Waals surface area contributed by atoms with Crippen LogP contribution in [-0.4, -0.2) is 51.1 Å². The Bertz CT molecular complexity index is 563. The molecule has 0 aliphatic carbocycles. The molecule has 0 amide bonds. The van der Waals surface area contributed by atoms with Crippen LogP contribution < -0.4 is 5.32 Å². The van der Waals surface area contributed by atoms with Gasteiger partial charge in [-0.3, -0.25) is 5.32 Å². The molecule has 5 nitrogen and oxygen atoms in total. The summed E-state index contributed by atoms with van der Waals surface area (Å²) >= 11 is 0. The molecule has 2 unspecified atom stereocenters. The fraction of sp³-hybridized carbons (Fsp3) is 1.00. The van der Waals surface area contributed by atoms with E-state index in [4.69, 9.17) is 14.2 Å². The molecule has 0 aliphatic heterocycles. The van der Waals surface area contributed by atoms with Crippen LogP contribution in [0.15, 0.2) is 0 Å². The van der Waals surface area contributed by atoms with Gasteiger partial charge in [-0.05, 0) is 19.3 Å². The Morgan fingerprint density at radius 3 is 1.08 bits per heavy atom. The van der Waals surface area contributed by atoms with Crippen molar-refractivity contribution in [2.24, 2.45) is 0 Å². The predicted molar refractivity (Wildman–Crippen MR) is 217 cm³/mol. The van der Waals surface area contributed by atoms with Gasteiger partial charge in [0.05, 0.1) is 19.3 Å². The molecule has 0 radical (unpaired) electrons. The van der Waals surface area contributed by atoms with Crippen molar-refractivity contribution in [1.82, 2.24) is 5.32 Å². The van der Waals surface area contributed by atoms with E-state index in [0.29, 0.717) is 26.4 Å². The van der Waals surface area contributed by atoms with Gasteiger partial charge in [-0.2, -0.15) is 0 Å². The van der Waals surface area contributed by atoms with Gasteiger partial charge in [0.2, 0.25) is 6.41 Å². The Balaban J connectivity index is 0. The van der Waals surface area contributed by atoms with Crippen LogP contribution in [0.2, 0.25) is 0 Å². The fourth-order valence-corrected chi connectivity index (χ4v) is 6.82. The van der Waals surface area contributed by atoms with E-state index < -0.39 is 6.41 Å². The predicted octanol–water partition coefficient (Wildman–Crippen LogP) is 13.8. The molecular weight excluding hydrogens is 606 g/mol. The Hall–Kier alpha value is -0.200. The standard InChI is InChI=1S/C43H89NO4.CH4/c1-4-6-8-10-12-14-16-18-20-22-24-26-28-30-32-34-37-42(48-43(45)44-38-35-39-47-41-40-46-3)36-33-31-29-27-25-23-21-19-17-15-13-11-9-7-5-2;/h42-45H,4-41H2,1-3H3;1H4. The molecule has 0 aromatic rings. The van der Waals surface area contributed by atoms with Gasteiger partial charge in [-0.1, -0.05) is 220 Å². The quantitative estimate of drug-likeness (QED) is 0.0490. The smallest absolute Gasteiger partial charge is 0.213 e. The first kappa shape index (κ1) is 50.9. The first-order chi connectivity index (χ1) is 23.7. The lowest BCUT2D eigenvalue weighted by molar-refractivity contribution is -0.158. The minimum atomic E-state index is -0.883. The van der Waals surface area contributed by atoms with Crippen LogP contribution in [0.4, 0.5) is 0 Å². The zero-order chi connectivity index (χ0) is 34.9. The number of hydrogen-bond donors (Lipinski definition) is 2. The second-order valence-electron chi connectivity index (χ2n) is 14.9. The number of nitrogens with one attached hydrogen (secondary N) is 1. The summed E-state index contributed by atoms with van der Waals surface area (Å²) in [5, 5.41) is 13.7. The lowest BCUT2D eigenvalue weighted by Gasteiger charge is -2.22. The van der Waals surface area contributed by atoms with E-state index in [-0.39, 0.29) is 13.5 Å². The summed E-state index contributed by atoms with van der Waals surface area (Å²) < 4.78 is 16.7. The van der Waals surface area contributed by atoms with E-state index >= 15 is 0 Å². The topological polar surface area (TPSA) is 60.0 Å². The van der Waals surface area contributed by atoms with Gasteiger partial charge in [0, 0.05) is 20.3 Å². The summed E-state index contributed by atoms with van der Waals surface area (Å²) in [6, 6.07) is 0. The number of unbranched alkanes of at least 4 members (excludes halogenated alkanes) is 29. The molecule has 0 rings (SSSR count). The maximum absolute atomic E-state index is 10.5. The first-order valence-corrected chi connectivity index (χ1v) is 21.9. The summed E-state index contributed by atoms with van der Waals surface area (Å²) in [7, 11) is 1.69. The SMILES string of the molecule is C.CCCCCCCCCCCCCCCCCCC(CCCCCCCCCCCCCCCCC)OC(O)NCCCOCCOC. The third-order valence-corrected chi connectivity index (χ3v) is 10.0. The molecule has 0 fully saturated rings. The number of hydrogen-bond acceptors (Lipinski definition) is 5. The van der Waals surface area contributed by atoms with E-state index in [9.17, 15) is 5.11 Å². The van der Waals surface area contributed by atoms with E-state index in [1.54, 1.807) is 7.11 Å². The summed E-state index contributed by atoms with van der Waals surface area (Å²) in [5.41, 5.74) is 0. The van der Waals surface area contributed by atoms with Crippen molar-refractivity contribution in [3.63, 3.8) is 0 Å². The summed E-state index contributed by atoms with van der Waals surface area (Å²) in [4.78, 5) is 0. The van der Waals surface area contributed by atoms with Crippen LogP contribution in [0.1, 0.15) is 240 Å². The highest BCUT2D eigenvalue weighted by molar-refractivity contribution is 4.62. The fourth-order valence-electron chi connectivity index (χ4n) is 6.82. The minimum Gasteiger partial charge on any atom is -0.382 e. The average molecular weight is 700 g/mol. The molecular formula is C44H93NO4. The minimum absolute atomic E-state index is 0. The Kier molecular flexibility index (Phi) is 47.6. The highest BCUT2D eigenvalue weighted by Gasteiger charge is 2.14. The molecule has 0 saturated carbocycles. The summed E-state index contributed by atoms with van der Waals surface area (Å²) in [5.74, 6) is 0. The molecule has 2 N–H and O–H groups in total. The van der Waals surface area contributed by atoms with Crippen molar-refractivity contribution in [3.8, 4) is 0 Å². The van der Waals surface area contributed by atoms with Gasteiger partial charge >= 0.3 is 0 Å². The van der Waals surface area contributed by atoms with Crippen LogP contribution in [0.25, 0.3) is 0 Å². The van der Waals surface area contributed by atoms with Crippen molar-refractivity contribution in [2.75, 3.05) is 33.5 Å². The zero-order valence-electron chi connectivity index (χ0n) is 33.2. The number of aliphatic hydroxyl groups is 1. The molecule has 2 atom stereocenters. The van der Waals surface area contributed by atoms with Gasteiger partial charge in [-0.25, -0.2) is 0 Å². The van der Waals surface area contributed by atoms with Gasteiger partial charge < -0.3 is 19.3 Å². The molecule has 298 valence electrons. The van der Waals surface area contributed by atoms with Gasteiger partial charge in [0.25, 0.3) is 0 Å². The van der Waals surface area contributed by atoms with Gasteiger partial charge in [0.1, 0.15) is 0 Å². The van der Waals surface area contributed by atoms with Crippen LogP contribution in [0.5, 0.6) is 0 Å². The normalized spacial score (nSPS) is 12.7. The molecule has 5 heteroatoms. The van der Waals surface area contributed by atoms with Crippen molar-refractivity contribution in [2.45, 2.75) is 252 Å². The maximum Gasteiger partial charge on any atom is 0.213 e. The second kappa shape index (κ2) is 45.8. The lowest BCUT2D eigenvalue weighted by atomic mass is 10.0. The Morgan fingerprint density at radius 1 is 0.429 bits per heavy atom. The molecule has 0 aromatic carbocycles.